The average Bonchev–Trinajstić information content (AvgIpc) is 3.00. The third-order valence-electron chi connectivity index (χ3n) is 4.05. The monoisotopic (exact) mass is 465 g/mol. The molecule has 32 heavy (non-hydrogen) atoms. The summed E-state index contributed by atoms with van der Waals surface area (Å²) in [7, 11) is 0.966. The first-order chi connectivity index (χ1) is 14.8. The number of hydrogen-bond acceptors (Lipinski definition) is 3. The molecule has 0 aliphatic carbocycles. The summed E-state index contributed by atoms with van der Waals surface area (Å²) >= 11 is 0. The Morgan fingerprint density at radius 3 is 2.28 bits per heavy atom. The molecule has 1 amide bonds. The molecule has 2 aromatic carbocycles. The van der Waals surface area contributed by atoms with Crippen LogP contribution in [0.15, 0.2) is 42.5 Å². The summed E-state index contributed by atoms with van der Waals surface area (Å²) in [6.07, 6.45) is -9.93. The highest BCUT2D eigenvalue weighted by Gasteiger charge is 2.42. The Kier molecular flexibility index (Phi) is 5.85. The van der Waals surface area contributed by atoms with Crippen molar-refractivity contribution in [2.24, 2.45) is 7.05 Å². The number of nitrogens with one attached hydrogen (secondary N) is 1. The van der Waals surface area contributed by atoms with Crippen molar-refractivity contribution in [2.45, 2.75) is 12.4 Å². The van der Waals surface area contributed by atoms with Crippen LogP contribution in [0.2, 0.25) is 0 Å². The second-order valence-electron chi connectivity index (χ2n) is 6.36. The molecular weight excluding hydrogens is 454 g/mol. The van der Waals surface area contributed by atoms with Crippen LogP contribution in [0, 0.1) is 11.6 Å². The van der Waals surface area contributed by atoms with Crippen molar-refractivity contribution < 1.29 is 44.7 Å². The van der Waals surface area contributed by atoms with Crippen molar-refractivity contribution in [3.63, 3.8) is 0 Å². The summed E-state index contributed by atoms with van der Waals surface area (Å²) < 4.78 is 112. The second-order valence-corrected chi connectivity index (χ2v) is 6.36. The largest absolute Gasteiger partial charge is 0.438 e. The van der Waals surface area contributed by atoms with Crippen molar-refractivity contribution in [1.82, 2.24) is 9.78 Å². The maximum Gasteiger partial charge on any atom is 0.436 e. The zero-order valence-corrected chi connectivity index (χ0v) is 15.8. The van der Waals surface area contributed by atoms with Gasteiger partial charge in [0.25, 0.3) is 5.91 Å². The molecule has 0 fully saturated rings. The summed E-state index contributed by atoms with van der Waals surface area (Å²) in [6, 6.07) is 5.13. The van der Waals surface area contributed by atoms with Gasteiger partial charge >= 0.3 is 12.4 Å². The lowest BCUT2D eigenvalue weighted by Crippen LogP contribution is -2.19. The Morgan fingerprint density at radius 1 is 1.00 bits per heavy atom. The van der Waals surface area contributed by atoms with E-state index < -0.39 is 64.0 Å². The number of carbonyl (C=O) groups is 1. The summed E-state index contributed by atoms with van der Waals surface area (Å²) in [4.78, 5) is 12.6. The van der Waals surface area contributed by atoms with E-state index in [0.717, 1.165) is 31.3 Å². The molecule has 5 nitrogen and oxygen atoms in total. The third kappa shape index (κ3) is 4.81. The van der Waals surface area contributed by atoms with Gasteiger partial charge in [-0.25, -0.2) is 13.5 Å². The Bertz CT molecular complexity index is 1170. The minimum atomic E-state index is -5.17. The van der Waals surface area contributed by atoms with Crippen molar-refractivity contribution in [2.75, 3.05) is 5.32 Å². The summed E-state index contributed by atoms with van der Waals surface area (Å²) in [5.74, 6) is -5.17. The van der Waals surface area contributed by atoms with Crippen LogP contribution < -0.4 is 10.1 Å². The smallest absolute Gasteiger partial charge is 0.436 e. The van der Waals surface area contributed by atoms with E-state index in [1.807, 2.05) is 5.32 Å². The Morgan fingerprint density at radius 2 is 1.69 bits per heavy atom. The number of aromatic nitrogens is 2. The molecule has 0 saturated heterocycles. The quantitative estimate of drug-likeness (QED) is 0.497. The highest BCUT2D eigenvalue weighted by Crippen LogP contribution is 2.38. The highest BCUT2D eigenvalue weighted by atomic mass is 19.4. The summed E-state index contributed by atoms with van der Waals surface area (Å²) in [6.45, 7) is 0. The molecule has 0 saturated carbocycles. The molecular formula is C19H11F8N3O2. The van der Waals surface area contributed by atoms with Gasteiger partial charge in [-0.15, -0.1) is 0 Å². The molecule has 3 rings (SSSR count). The lowest BCUT2D eigenvalue weighted by Gasteiger charge is -2.12. The zero-order valence-electron chi connectivity index (χ0n) is 15.8. The molecule has 0 spiro atoms. The van der Waals surface area contributed by atoms with E-state index in [9.17, 15) is 39.9 Å². The Labute approximate surface area is 174 Å². The molecule has 0 radical (unpaired) electrons. The van der Waals surface area contributed by atoms with Crippen LogP contribution in [0.4, 0.5) is 40.8 Å². The molecule has 0 unspecified atom stereocenters. The van der Waals surface area contributed by atoms with Gasteiger partial charge in [-0.3, -0.25) is 4.79 Å². The third-order valence-corrected chi connectivity index (χ3v) is 4.05. The predicted molar refractivity (Wildman–Crippen MR) is 94.0 cm³/mol. The van der Waals surface area contributed by atoms with Crippen LogP contribution in [0.25, 0.3) is 0 Å². The number of ether oxygens (including phenoxy) is 1. The van der Waals surface area contributed by atoms with Crippen LogP contribution >= 0.6 is 0 Å². The van der Waals surface area contributed by atoms with E-state index in [-0.39, 0.29) is 0 Å². The fourth-order valence-corrected chi connectivity index (χ4v) is 2.65. The topological polar surface area (TPSA) is 56.2 Å². The van der Waals surface area contributed by atoms with Crippen molar-refractivity contribution in [1.29, 1.82) is 0 Å². The maximum atomic E-state index is 13.8. The van der Waals surface area contributed by atoms with Gasteiger partial charge in [-0.05, 0) is 30.3 Å². The van der Waals surface area contributed by atoms with E-state index >= 15 is 0 Å². The van der Waals surface area contributed by atoms with Gasteiger partial charge in [-0.1, -0.05) is 6.07 Å². The number of nitrogens with zero attached hydrogens (tertiary/aromatic N) is 2. The maximum absolute atomic E-state index is 13.8. The zero-order chi connectivity index (χ0) is 23.8. The normalized spacial score (nSPS) is 12.0. The van der Waals surface area contributed by atoms with E-state index in [4.69, 9.17) is 4.74 Å². The first-order valence-electron chi connectivity index (χ1n) is 8.53. The molecule has 0 aliphatic rings. The minimum absolute atomic E-state index is 0.392. The standard InChI is InChI=1S/C19H11F8N3O2/c1-30-17(32-11-4-2-3-9(7-11)18(22,23)24)14(15(29-30)19(25,26)27)16(31)28-13-6-5-10(20)8-12(13)21/h2-8H,1H3,(H,28,31). The van der Waals surface area contributed by atoms with Gasteiger partial charge in [-0.2, -0.15) is 31.4 Å². The fourth-order valence-electron chi connectivity index (χ4n) is 2.65. The van der Waals surface area contributed by atoms with Crippen LogP contribution in [0.3, 0.4) is 0 Å². The number of amides is 1. The van der Waals surface area contributed by atoms with E-state index in [1.165, 1.54) is 0 Å². The van der Waals surface area contributed by atoms with E-state index in [1.54, 1.807) is 0 Å². The fraction of sp³-hybridized carbons (Fsp3) is 0.158. The SMILES string of the molecule is Cn1nc(C(F)(F)F)c(C(=O)Nc2ccc(F)cc2F)c1Oc1cccc(C(F)(F)F)c1. The number of halogens is 8. The van der Waals surface area contributed by atoms with Crippen molar-refractivity contribution >= 4 is 11.6 Å². The minimum Gasteiger partial charge on any atom is -0.438 e. The summed E-state index contributed by atoms with van der Waals surface area (Å²) in [5, 5.41) is 5.03. The van der Waals surface area contributed by atoms with Crippen LogP contribution in [0.5, 0.6) is 11.6 Å². The Balaban J connectivity index is 2.06. The molecule has 0 atom stereocenters. The van der Waals surface area contributed by atoms with Crippen LogP contribution in [-0.4, -0.2) is 15.7 Å². The molecule has 170 valence electrons. The first kappa shape index (κ1) is 23.0. The van der Waals surface area contributed by atoms with Gasteiger partial charge in [0.15, 0.2) is 5.69 Å². The first-order valence-corrected chi connectivity index (χ1v) is 8.53. The van der Waals surface area contributed by atoms with Gasteiger partial charge in [0.1, 0.15) is 22.9 Å². The second kappa shape index (κ2) is 8.13. The van der Waals surface area contributed by atoms with E-state index in [0.29, 0.717) is 22.9 Å². The van der Waals surface area contributed by atoms with Crippen molar-refractivity contribution in [3.8, 4) is 11.6 Å². The molecule has 3 aromatic rings. The van der Waals surface area contributed by atoms with Crippen LogP contribution in [-0.2, 0) is 19.4 Å². The number of carbonyl (C=O) groups excluding carboxylic acids is 1. The van der Waals surface area contributed by atoms with E-state index in [2.05, 4.69) is 5.10 Å². The predicted octanol–water partition coefficient (Wildman–Crippen LogP) is 5.78. The number of hydrogen-bond donors (Lipinski definition) is 1. The molecule has 13 heteroatoms. The van der Waals surface area contributed by atoms with Gasteiger partial charge in [0.2, 0.25) is 5.88 Å². The van der Waals surface area contributed by atoms with Crippen LogP contribution in [0.1, 0.15) is 21.6 Å². The van der Waals surface area contributed by atoms with Gasteiger partial charge in [0, 0.05) is 13.1 Å². The number of benzene rings is 2. The van der Waals surface area contributed by atoms with Gasteiger partial charge in [0.05, 0.1) is 11.3 Å². The number of rotatable bonds is 4. The summed E-state index contributed by atoms with van der Waals surface area (Å²) in [5.41, 5.74) is -4.71. The molecule has 0 aliphatic heterocycles. The number of alkyl halides is 6. The lowest BCUT2D eigenvalue weighted by atomic mass is 10.2. The lowest BCUT2D eigenvalue weighted by molar-refractivity contribution is -0.141. The Hall–Kier alpha value is -3.64. The van der Waals surface area contributed by atoms with Gasteiger partial charge < -0.3 is 10.1 Å². The number of anilines is 1. The molecule has 0 bridgehead atoms. The average molecular weight is 465 g/mol. The van der Waals surface area contributed by atoms with Crippen molar-refractivity contribution in [3.05, 3.63) is 70.9 Å². The highest BCUT2D eigenvalue weighted by molar-refractivity contribution is 6.07. The number of aryl methyl sites for hydroxylation is 1. The molecule has 1 aromatic heterocycles. The molecule has 1 N–H and O–H groups in total. The molecule has 1 heterocycles.